The number of benzene rings is 9. The SMILES string of the molecule is CC(C)c1ccccc1-n1ccnc1-c1[c-]ccc2c1-c1ccccc1C2.Cc1cc(C)c(-n2c(-c3[c-]ccc4c3-c3ccccc3C4)nc3ccccc32)c(C)c1.Cc1ccnc(-c2[c-]cccc2)c1.Cc1cnc(-c2[c-]cccc2)cc1C.[Ir].[Ir]. The molecule has 0 N–H and O–H groups in total. The van der Waals surface area contributed by atoms with Crippen LogP contribution in [0.5, 0.6) is 0 Å². The maximum absolute atomic E-state index is 5.15. The van der Waals surface area contributed by atoms with Crippen LogP contribution in [0.25, 0.3) is 90.0 Å². The molecule has 2 aliphatic rings. The summed E-state index contributed by atoms with van der Waals surface area (Å²) in [6, 6.07) is 82.7. The molecule has 434 valence electrons. The second-order valence-corrected chi connectivity index (χ2v) is 22.4. The molecule has 2 aliphatic carbocycles. The van der Waals surface area contributed by atoms with Gasteiger partial charge in [0.15, 0.2) is 0 Å². The van der Waals surface area contributed by atoms with E-state index in [1.54, 1.807) is 0 Å². The monoisotopic (exact) mass is 1480 g/mol. The maximum atomic E-state index is 5.15. The van der Waals surface area contributed by atoms with Gasteiger partial charge in [0.05, 0.1) is 22.7 Å². The molecule has 9 aromatic carbocycles. The van der Waals surface area contributed by atoms with Gasteiger partial charge in [-0.1, -0.05) is 167 Å². The number of hydrogen-bond donors (Lipinski definition) is 0. The summed E-state index contributed by atoms with van der Waals surface area (Å²) in [4.78, 5) is 18.5. The van der Waals surface area contributed by atoms with E-state index in [1.807, 2.05) is 79.3 Å². The predicted molar refractivity (Wildman–Crippen MR) is 349 cm³/mol. The molecule has 0 bridgehead atoms. The van der Waals surface area contributed by atoms with Crippen LogP contribution in [0.4, 0.5) is 0 Å². The molecule has 6 nitrogen and oxygen atoms in total. The van der Waals surface area contributed by atoms with Gasteiger partial charge in [0.1, 0.15) is 0 Å². The van der Waals surface area contributed by atoms with Crippen LogP contribution in [0.3, 0.4) is 0 Å². The van der Waals surface area contributed by atoms with Crippen LogP contribution in [0, 0.1) is 65.8 Å². The molecule has 0 saturated heterocycles. The number of para-hydroxylation sites is 3. The van der Waals surface area contributed by atoms with Crippen molar-refractivity contribution in [2.24, 2.45) is 0 Å². The van der Waals surface area contributed by atoms with Gasteiger partial charge < -0.3 is 19.1 Å². The first-order valence-electron chi connectivity index (χ1n) is 29.2. The molecule has 2 radical (unpaired) electrons. The van der Waals surface area contributed by atoms with Gasteiger partial charge in [0.25, 0.3) is 0 Å². The molecule has 0 unspecified atom stereocenters. The smallest absolute Gasteiger partial charge is 0.0774 e. The van der Waals surface area contributed by atoms with Crippen LogP contribution in [-0.4, -0.2) is 29.1 Å². The van der Waals surface area contributed by atoms with Crippen molar-refractivity contribution in [2.45, 2.75) is 74.1 Å². The van der Waals surface area contributed by atoms with E-state index in [0.717, 1.165) is 69.2 Å². The zero-order valence-electron chi connectivity index (χ0n) is 50.2. The molecule has 4 heterocycles. The summed E-state index contributed by atoms with van der Waals surface area (Å²) < 4.78 is 4.55. The Morgan fingerprint density at radius 1 is 0.448 bits per heavy atom. The first-order chi connectivity index (χ1) is 41.5. The number of pyridine rings is 2. The number of hydrogen-bond acceptors (Lipinski definition) is 4. The number of nitrogens with zero attached hydrogens (tertiary/aromatic N) is 6. The minimum absolute atomic E-state index is 0. The van der Waals surface area contributed by atoms with E-state index in [-0.39, 0.29) is 40.2 Å². The van der Waals surface area contributed by atoms with Crippen molar-refractivity contribution in [1.82, 2.24) is 29.1 Å². The van der Waals surface area contributed by atoms with Crippen LogP contribution in [0.15, 0.2) is 225 Å². The normalized spacial score (nSPS) is 11.3. The van der Waals surface area contributed by atoms with Crippen LogP contribution >= 0.6 is 0 Å². The zero-order chi connectivity index (χ0) is 58.6. The average molecular weight is 1480 g/mol. The van der Waals surface area contributed by atoms with Crippen molar-refractivity contribution in [1.29, 1.82) is 0 Å². The Labute approximate surface area is 539 Å². The molecule has 0 amide bonds. The van der Waals surface area contributed by atoms with Crippen LogP contribution in [-0.2, 0) is 53.1 Å². The third kappa shape index (κ3) is 12.9. The average Bonchev–Trinajstić information content (AvgIpc) is 1.67. The molecule has 0 spiro atoms. The largest absolute Gasteiger partial charge is 0.340 e. The standard InChI is InChI=1S/C29H23N2.C25H21N2.C13H12N.C12H10N.2Ir/c1-18-15-19(2)28(20(3)16-18)31-26-14-7-6-13-25(26)30-29(31)24-12-8-10-22-17-21-9-4-5-11-23(21)27(22)24;1-17(2)20-10-5-6-13-23(20)27-15-14-26-25(27)22-12-7-9-19-16-18-8-3-4-11-21(18)24(19)22;1-10-8-13(14-9-11(10)2)12-6-4-3-5-7-12;1-10-7-8-13-12(9-10)11-5-3-2-4-6-11;;/h4-11,13-16H,17H2,1-3H3;3-11,13-15,17H,16H2,1-2H3;3-6,8-9H,1-2H3;2-5,7-9H,1H3;;/q4*-1;;. The molecule has 4 aromatic heterocycles. The molecule has 87 heavy (non-hydrogen) atoms. The number of rotatable bonds is 7. The Kier molecular flexibility index (Phi) is 19.3. The fourth-order valence-electron chi connectivity index (χ4n) is 12.0. The van der Waals surface area contributed by atoms with Gasteiger partial charge in [-0.15, -0.1) is 119 Å². The minimum atomic E-state index is 0. The van der Waals surface area contributed by atoms with Gasteiger partial charge >= 0.3 is 0 Å². The van der Waals surface area contributed by atoms with Gasteiger partial charge in [-0.25, -0.2) is 0 Å². The van der Waals surface area contributed by atoms with Gasteiger partial charge in [0, 0.05) is 76.4 Å². The topological polar surface area (TPSA) is 61.4 Å². The third-order valence-corrected chi connectivity index (χ3v) is 16.1. The van der Waals surface area contributed by atoms with Crippen molar-refractivity contribution < 1.29 is 40.2 Å². The van der Waals surface area contributed by atoms with Crippen molar-refractivity contribution in [2.75, 3.05) is 0 Å². The summed E-state index contributed by atoms with van der Waals surface area (Å²) in [5, 5.41) is 0. The number of imidazole rings is 2. The second kappa shape index (κ2) is 27.3. The van der Waals surface area contributed by atoms with Gasteiger partial charge in [-0.2, -0.15) is 0 Å². The van der Waals surface area contributed by atoms with Crippen LogP contribution in [0.1, 0.15) is 81.0 Å². The van der Waals surface area contributed by atoms with Gasteiger partial charge in [-0.05, 0) is 129 Å². The minimum Gasteiger partial charge on any atom is -0.340 e. The summed E-state index contributed by atoms with van der Waals surface area (Å²) in [7, 11) is 0. The van der Waals surface area contributed by atoms with Crippen LogP contribution < -0.4 is 0 Å². The maximum Gasteiger partial charge on any atom is 0.0774 e. The van der Waals surface area contributed by atoms with E-state index in [2.05, 4.69) is 244 Å². The summed E-state index contributed by atoms with van der Waals surface area (Å²) in [6.45, 7) is 17.3. The number of fused-ring (bicyclic) bond motifs is 7. The Morgan fingerprint density at radius 3 is 1.61 bits per heavy atom. The molecular formula is C79H66Ir2N6-4. The van der Waals surface area contributed by atoms with Crippen LogP contribution in [0.2, 0.25) is 0 Å². The molecule has 8 heteroatoms. The summed E-state index contributed by atoms with van der Waals surface area (Å²) in [6.07, 6.45) is 9.63. The predicted octanol–water partition coefficient (Wildman–Crippen LogP) is 19.0. The fraction of sp³-hybridized carbons (Fsp3) is 0.139. The van der Waals surface area contributed by atoms with E-state index >= 15 is 0 Å². The Hall–Kier alpha value is -8.74. The van der Waals surface area contributed by atoms with Gasteiger partial charge in [-0.3, -0.25) is 9.97 Å². The Balaban J connectivity index is 0.000000136. The number of aromatic nitrogens is 6. The van der Waals surface area contributed by atoms with E-state index in [4.69, 9.17) is 9.97 Å². The Morgan fingerprint density at radius 2 is 1.01 bits per heavy atom. The molecule has 0 saturated carbocycles. The fourth-order valence-corrected chi connectivity index (χ4v) is 12.0. The Bertz CT molecular complexity index is 4520. The molecule has 0 fully saturated rings. The molecule has 0 atom stereocenters. The van der Waals surface area contributed by atoms with E-state index < -0.39 is 0 Å². The molecule has 15 rings (SSSR count). The summed E-state index contributed by atoms with van der Waals surface area (Å²) in [5.74, 6) is 2.36. The van der Waals surface area contributed by atoms with Crippen molar-refractivity contribution in [3.63, 3.8) is 0 Å². The summed E-state index contributed by atoms with van der Waals surface area (Å²) in [5.41, 5.74) is 30.3. The van der Waals surface area contributed by atoms with E-state index in [9.17, 15) is 0 Å². The zero-order valence-corrected chi connectivity index (χ0v) is 55.0. The third-order valence-electron chi connectivity index (χ3n) is 16.1. The molecule has 0 aliphatic heterocycles. The van der Waals surface area contributed by atoms with E-state index in [0.29, 0.717) is 5.92 Å². The van der Waals surface area contributed by atoms with Crippen molar-refractivity contribution in [3.05, 3.63) is 310 Å². The quantitative estimate of drug-likeness (QED) is 0.149. The first-order valence-corrected chi connectivity index (χ1v) is 29.2. The number of aryl methyl sites for hydroxylation is 6. The van der Waals surface area contributed by atoms with E-state index in [1.165, 1.54) is 94.8 Å². The molecule has 13 aromatic rings. The van der Waals surface area contributed by atoms with Crippen molar-refractivity contribution in [3.8, 4) is 78.9 Å². The van der Waals surface area contributed by atoms with Crippen molar-refractivity contribution >= 4 is 11.0 Å². The van der Waals surface area contributed by atoms with Gasteiger partial charge in [0.2, 0.25) is 0 Å². The second-order valence-electron chi connectivity index (χ2n) is 22.4. The molecular weight excluding hydrogens is 1420 g/mol. The summed E-state index contributed by atoms with van der Waals surface area (Å²) >= 11 is 0. The first kappa shape index (κ1) is 61.3.